The van der Waals surface area contributed by atoms with E-state index in [2.05, 4.69) is 5.32 Å². The number of aliphatic carboxylic acids is 1. The van der Waals surface area contributed by atoms with Gasteiger partial charge in [0.15, 0.2) is 11.8 Å². The molecule has 0 spiro atoms. The maximum Gasteiger partial charge on any atom is 0.333 e. The van der Waals surface area contributed by atoms with Crippen molar-refractivity contribution in [3.8, 4) is 0 Å². The number of nitrogens with one attached hydrogen (secondary N) is 1. The smallest absolute Gasteiger partial charge is 0.333 e. The molecular weight excluding hydrogens is 278 g/mol. The Balaban J connectivity index is 2.05. The molecule has 0 amide bonds. The molecule has 1 aliphatic rings. The summed E-state index contributed by atoms with van der Waals surface area (Å²) in [7, 11) is 0. The molecule has 0 bridgehead atoms. The zero-order valence-electron chi connectivity index (χ0n) is 13.2. The van der Waals surface area contributed by atoms with Crippen molar-refractivity contribution in [1.82, 2.24) is 0 Å². The molecule has 22 heavy (non-hydrogen) atoms. The molecular formula is C18H25NO3. The molecule has 1 unspecified atom stereocenters. The zero-order chi connectivity index (χ0) is 15.9. The summed E-state index contributed by atoms with van der Waals surface area (Å²) in [6, 6.07) is 6.42. The first-order valence-electron chi connectivity index (χ1n) is 8.21. The highest BCUT2D eigenvalue weighted by Crippen LogP contribution is 2.27. The lowest BCUT2D eigenvalue weighted by atomic mass is 9.84. The SMILES string of the molecule is CCc1ccccc1NC(C(=O)O)C(=O)CC1CCCCC1. The van der Waals surface area contributed by atoms with Gasteiger partial charge < -0.3 is 10.4 Å². The Kier molecular flexibility index (Phi) is 5.99. The molecule has 1 atom stereocenters. The van der Waals surface area contributed by atoms with Crippen molar-refractivity contribution in [2.75, 3.05) is 5.32 Å². The summed E-state index contributed by atoms with van der Waals surface area (Å²) in [6.45, 7) is 2.01. The van der Waals surface area contributed by atoms with Crippen LogP contribution in [0.25, 0.3) is 0 Å². The quantitative estimate of drug-likeness (QED) is 0.754. The van der Waals surface area contributed by atoms with Gasteiger partial charge in [0.05, 0.1) is 0 Å². The van der Waals surface area contributed by atoms with Crippen molar-refractivity contribution in [2.45, 2.75) is 57.9 Å². The number of hydrogen-bond donors (Lipinski definition) is 2. The number of hydrogen-bond acceptors (Lipinski definition) is 3. The highest BCUT2D eigenvalue weighted by Gasteiger charge is 2.29. The average molecular weight is 303 g/mol. The Morgan fingerprint density at radius 3 is 2.55 bits per heavy atom. The molecule has 1 aromatic carbocycles. The number of ketones is 1. The van der Waals surface area contributed by atoms with E-state index >= 15 is 0 Å². The van der Waals surface area contributed by atoms with E-state index in [1.54, 1.807) is 0 Å². The van der Waals surface area contributed by atoms with Crippen molar-refractivity contribution < 1.29 is 14.7 Å². The van der Waals surface area contributed by atoms with Crippen LogP contribution in [0.5, 0.6) is 0 Å². The summed E-state index contributed by atoms with van der Waals surface area (Å²) in [4.78, 5) is 23.9. The number of para-hydroxylation sites is 1. The Bertz CT molecular complexity index is 521. The Labute approximate surface area is 131 Å². The number of carbonyl (C=O) groups is 2. The minimum absolute atomic E-state index is 0.203. The maximum absolute atomic E-state index is 12.4. The molecule has 2 N–H and O–H groups in total. The third-order valence-corrected chi connectivity index (χ3v) is 4.48. The van der Waals surface area contributed by atoms with E-state index in [0.29, 0.717) is 12.3 Å². The van der Waals surface area contributed by atoms with Gasteiger partial charge in [-0.1, -0.05) is 57.2 Å². The molecule has 0 aliphatic heterocycles. The standard InChI is InChI=1S/C18H25NO3/c1-2-14-10-6-7-11-15(14)19-17(18(21)22)16(20)12-13-8-4-3-5-9-13/h6-7,10-11,13,17,19H,2-5,8-9,12H2,1H3,(H,21,22). The minimum Gasteiger partial charge on any atom is -0.479 e. The molecule has 4 nitrogen and oxygen atoms in total. The fourth-order valence-electron chi connectivity index (χ4n) is 3.20. The van der Waals surface area contributed by atoms with E-state index in [1.807, 2.05) is 31.2 Å². The number of Topliss-reactive ketones (excluding diaryl/α,β-unsaturated/α-hetero) is 1. The minimum atomic E-state index is -1.14. The second-order valence-electron chi connectivity index (χ2n) is 6.10. The first kappa shape index (κ1) is 16.5. The molecule has 0 heterocycles. The van der Waals surface area contributed by atoms with Crippen LogP contribution in [0.15, 0.2) is 24.3 Å². The van der Waals surface area contributed by atoms with Crippen LogP contribution in [0.4, 0.5) is 5.69 Å². The molecule has 120 valence electrons. The Morgan fingerprint density at radius 2 is 1.91 bits per heavy atom. The van der Waals surface area contributed by atoms with E-state index in [4.69, 9.17) is 0 Å². The molecule has 1 saturated carbocycles. The molecule has 1 aromatic rings. The lowest BCUT2D eigenvalue weighted by Crippen LogP contribution is -2.38. The highest BCUT2D eigenvalue weighted by atomic mass is 16.4. The molecule has 2 rings (SSSR count). The van der Waals surface area contributed by atoms with Gasteiger partial charge in [0.1, 0.15) is 0 Å². The normalized spacial score (nSPS) is 17.0. The monoisotopic (exact) mass is 303 g/mol. The summed E-state index contributed by atoms with van der Waals surface area (Å²) in [5, 5.41) is 12.4. The molecule has 1 aliphatic carbocycles. The first-order valence-corrected chi connectivity index (χ1v) is 8.21. The second kappa shape index (κ2) is 7.97. The predicted molar refractivity (Wildman–Crippen MR) is 87.1 cm³/mol. The topological polar surface area (TPSA) is 66.4 Å². The van der Waals surface area contributed by atoms with Gasteiger partial charge in [-0.05, 0) is 24.0 Å². The third kappa shape index (κ3) is 4.33. The van der Waals surface area contributed by atoms with Crippen molar-refractivity contribution >= 4 is 17.4 Å². The molecule has 0 aromatic heterocycles. The van der Waals surface area contributed by atoms with Gasteiger partial charge >= 0.3 is 5.97 Å². The highest BCUT2D eigenvalue weighted by molar-refractivity contribution is 6.05. The third-order valence-electron chi connectivity index (χ3n) is 4.48. The van der Waals surface area contributed by atoms with Crippen LogP contribution in [-0.2, 0) is 16.0 Å². The van der Waals surface area contributed by atoms with Crippen molar-refractivity contribution in [2.24, 2.45) is 5.92 Å². The van der Waals surface area contributed by atoms with Gasteiger partial charge in [-0.3, -0.25) is 4.79 Å². The van der Waals surface area contributed by atoms with E-state index in [0.717, 1.165) is 43.4 Å². The Morgan fingerprint density at radius 1 is 1.23 bits per heavy atom. The van der Waals surface area contributed by atoms with Gasteiger partial charge in [0.25, 0.3) is 0 Å². The number of carboxylic acid groups (broad SMARTS) is 1. The summed E-state index contributed by atoms with van der Waals surface area (Å²) in [5.74, 6) is -0.941. The number of benzene rings is 1. The lowest BCUT2D eigenvalue weighted by Gasteiger charge is -2.23. The van der Waals surface area contributed by atoms with Gasteiger partial charge in [-0.25, -0.2) is 4.79 Å². The van der Waals surface area contributed by atoms with Crippen LogP contribution in [0.1, 0.15) is 51.0 Å². The number of aryl methyl sites for hydroxylation is 1. The van der Waals surface area contributed by atoms with Crippen LogP contribution in [0.2, 0.25) is 0 Å². The molecule has 1 fully saturated rings. The Hall–Kier alpha value is -1.84. The molecule has 0 radical (unpaired) electrons. The van der Waals surface area contributed by atoms with Crippen LogP contribution in [0, 0.1) is 5.92 Å². The van der Waals surface area contributed by atoms with E-state index in [-0.39, 0.29) is 5.78 Å². The largest absolute Gasteiger partial charge is 0.479 e. The first-order chi connectivity index (χ1) is 10.6. The van der Waals surface area contributed by atoms with E-state index < -0.39 is 12.0 Å². The summed E-state index contributed by atoms with van der Waals surface area (Å²) in [5.41, 5.74) is 1.77. The average Bonchev–Trinajstić information content (AvgIpc) is 2.53. The van der Waals surface area contributed by atoms with Gasteiger partial charge in [0, 0.05) is 12.1 Å². The van der Waals surface area contributed by atoms with E-state index in [1.165, 1.54) is 6.42 Å². The van der Waals surface area contributed by atoms with Crippen molar-refractivity contribution in [1.29, 1.82) is 0 Å². The van der Waals surface area contributed by atoms with Gasteiger partial charge in [-0.15, -0.1) is 0 Å². The number of anilines is 1. The van der Waals surface area contributed by atoms with Crippen LogP contribution in [-0.4, -0.2) is 22.9 Å². The fraction of sp³-hybridized carbons (Fsp3) is 0.556. The summed E-state index contributed by atoms with van der Waals surface area (Å²) >= 11 is 0. The van der Waals surface area contributed by atoms with Gasteiger partial charge in [-0.2, -0.15) is 0 Å². The molecule has 4 heteroatoms. The zero-order valence-corrected chi connectivity index (χ0v) is 13.2. The second-order valence-corrected chi connectivity index (χ2v) is 6.10. The fourth-order valence-corrected chi connectivity index (χ4v) is 3.20. The summed E-state index contributed by atoms with van der Waals surface area (Å²) < 4.78 is 0. The van der Waals surface area contributed by atoms with Crippen molar-refractivity contribution in [3.63, 3.8) is 0 Å². The predicted octanol–water partition coefficient (Wildman–Crippen LogP) is 3.65. The van der Waals surface area contributed by atoms with Crippen LogP contribution in [0.3, 0.4) is 0 Å². The van der Waals surface area contributed by atoms with Crippen LogP contribution >= 0.6 is 0 Å². The maximum atomic E-state index is 12.4. The van der Waals surface area contributed by atoms with E-state index in [9.17, 15) is 14.7 Å². The lowest BCUT2D eigenvalue weighted by molar-refractivity contribution is -0.141. The van der Waals surface area contributed by atoms with Crippen LogP contribution < -0.4 is 5.32 Å². The summed E-state index contributed by atoms with van der Waals surface area (Å²) in [6.07, 6.45) is 6.80. The molecule has 0 saturated heterocycles. The number of rotatable bonds is 7. The number of carboxylic acids is 1. The van der Waals surface area contributed by atoms with Gasteiger partial charge in [0.2, 0.25) is 0 Å². The van der Waals surface area contributed by atoms with Crippen molar-refractivity contribution in [3.05, 3.63) is 29.8 Å². The number of carbonyl (C=O) groups excluding carboxylic acids is 1.